The van der Waals surface area contributed by atoms with E-state index < -0.39 is 5.69 Å². The van der Waals surface area contributed by atoms with E-state index in [1.165, 1.54) is 14.7 Å². The highest BCUT2D eigenvalue weighted by Crippen LogP contribution is 2.29. The van der Waals surface area contributed by atoms with Crippen LogP contribution in [0.3, 0.4) is 0 Å². The number of fused-ring (bicyclic) bond motifs is 1. The Morgan fingerprint density at radius 1 is 1.14 bits per heavy atom. The molecule has 0 bridgehead atoms. The summed E-state index contributed by atoms with van der Waals surface area (Å²) in [7, 11) is 1.59. The van der Waals surface area contributed by atoms with Crippen molar-refractivity contribution >= 4 is 11.7 Å². The van der Waals surface area contributed by atoms with E-state index in [0.717, 1.165) is 12.8 Å². The lowest BCUT2D eigenvalue weighted by Crippen LogP contribution is -2.41. The van der Waals surface area contributed by atoms with Crippen LogP contribution in [0, 0.1) is 17.2 Å². The van der Waals surface area contributed by atoms with Crippen molar-refractivity contribution in [2.75, 3.05) is 6.61 Å². The number of benzene rings is 2. The molecule has 35 heavy (non-hydrogen) atoms. The number of aromatic nitrogens is 2. The smallest absolute Gasteiger partial charge is 0.332 e. The monoisotopic (exact) mass is 472 g/mol. The summed E-state index contributed by atoms with van der Waals surface area (Å²) in [5, 5.41) is 18.7. The first kappa shape index (κ1) is 24.2. The van der Waals surface area contributed by atoms with Gasteiger partial charge in [0.15, 0.2) is 5.90 Å². The van der Waals surface area contributed by atoms with Crippen molar-refractivity contribution in [3.8, 4) is 11.8 Å². The molecule has 4 rings (SSSR count). The maximum absolute atomic E-state index is 13.2. The maximum atomic E-state index is 13.2. The molecule has 2 aromatic carbocycles. The van der Waals surface area contributed by atoms with E-state index in [1.807, 2.05) is 18.2 Å². The second kappa shape index (κ2) is 11.0. The summed E-state index contributed by atoms with van der Waals surface area (Å²) in [4.78, 5) is 30.9. The Kier molecular flexibility index (Phi) is 7.58. The van der Waals surface area contributed by atoms with E-state index in [2.05, 4.69) is 18.2 Å². The van der Waals surface area contributed by atoms with Crippen LogP contribution in [-0.2, 0) is 26.4 Å². The van der Waals surface area contributed by atoms with Crippen LogP contribution in [0.1, 0.15) is 36.0 Å². The largest absolute Gasteiger partial charge is 0.441 e. The first-order valence-corrected chi connectivity index (χ1v) is 11.8. The van der Waals surface area contributed by atoms with Crippen molar-refractivity contribution in [1.82, 2.24) is 9.13 Å². The highest BCUT2D eigenvalue weighted by atomic mass is 16.5. The van der Waals surface area contributed by atoms with Gasteiger partial charge in [-0.15, -0.1) is 0 Å². The topological polar surface area (TPSA) is 110 Å². The van der Waals surface area contributed by atoms with Crippen molar-refractivity contribution in [1.29, 1.82) is 5.26 Å². The Labute approximate surface area is 203 Å². The molecule has 0 radical (unpaired) electrons. The second-order valence-electron chi connectivity index (χ2n) is 8.60. The van der Waals surface area contributed by atoms with E-state index in [1.54, 1.807) is 31.3 Å². The van der Waals surface area contributed by atoms with Crippen LogP contribution in [-0.4, -0.2) is 26.7 Å². The molecular formula is C27H28N4O4. The Hall–Kier alpha value is -3.96. The molecule has 1 unspecified atom stereocenters. The molecule has 0 saturated heterocycles. The predicted molar refractivity (Wildman–Crippen MR) is 133 cm³/mol. The highest BCUT2D eigenvalue weighted by Gasteiger charge is 2.28. The van der Waals surface area contributed by atoms with Crippen molar-refractivity contribution < 1.29 is 9.84 Å². The maximum Gasteiger partial charge on any atom is 0.332 e. The van der Waals surface area contributed by atoms with Gasteiger partial charge in [-0.05, 0) is 49.8 Å². The third kappa shape index (κ3) is 5.26. The summed E-state index contributed by atoms with van der Waals surface area (Å²) in [5.74, 6) is 0.953. The van der Waals surface area contributed by atoms with Gasteiger partial charge in [-0.1, -0.05) is 42.5 Å². The zero-order valence-electron chi connectivity index (χ0n) is 19.7. The van der Waals surface area contributed by atoms with Gasteiger partial charge in [0.25, 0.3) is 5.56 Å². The second-order valence-corrected chi connectivity index (χ2v) is 8.60. The Morgan fingerprint density at radius 3 is 2.63 bits per heavy atom. The zero-order chi connectivity index (χ0) is 24.8. The van der Waals surface area contributed by atoms with Gasteiger partial charge in [-0.25, -0.2) is 4.79 Å². The minimum atomic E-state index is -0.481. The molecule has 8 nitrogen and oxygen atoms in total. The summed E-state index contributed by atoms with van der Waals surface area (Å²) in [6.07, 6.45) is 2.90. The van der Waals surface area contributed by atoms with E-state index in [4.69, 9.17) is 9.73 Å². The number of rotatable bonds is 7. The van der Waals surface area contributed by atoms with Crippen molar-refractivity contribution in [2.45, 2.75) is 38.6 Å². The summed E-state index contributed by atoms with van der Waals surface area (Å²) < 4.78 is 8.75. The van der Waals surface area contributed by atoms with E-state index in [9.17, 15) is 20.0 Å². The van der Waals surface area contributed by atoms with E-state index >= 15 is 0 Å². The average Bonchev–Trinajstić information content (AvgIpc) is 3.07. The molecule has 0 saturated carbocycles. The van der Waals surface area contributed by atoms with Gasteiger partial charge in [-0.3, -0.25) is 13.9 Å². The summed E-state index contributed by atoms with van der Waals surface area (Å²) in [6, 6.07) is 19.2. The lowest BCUT2D eigenvalue weighted by molar-refractivity contribution is 0.277. The van der Waals surface area contributed by atoms with Gasteiger partial charge in [0.1, 0.15) is 17.6 Å². The first-order chi connectivity index (χ1) is 17.0. The highest BCUT2D eigenvalue weighted by molar-refractivity contribution is 5.84. The summed E-state index contributed by atoms with van der Waals surface area (Å²) >= 11 is 0. The molecule has 1 aliphatic heterocycles. The van der Waals surface area contributed by atoms with Crippen LogP contribution in [0.15, 0.2) is 69.2 Å². The molecule has 2 heterocycles. The van der Waals surface area contributed by atoms with Gasteiger partial charge < -0.3 is 9.84 Å². The Balaban J connectivity index is 1.77. The van der Waals surface area contributed by atoms with Crippen LogP contribution >= 0.6 is 0 Å². The molecule has 3 aromatic rings. The number of ether oxygens (including phenoxy) is 1. The lowest BCUT2D eigenvalue weighted by Gasteiger charge is -2.18. The number of para-hydroxylation sites is 1. The number of aryl methyl sites for hydroxylation is 1. The molecule has 0 fully saturated rings. The number of aliphatic imine (C=N–C) groups is 1. The standard InChI is InChI=1S/C27H28N4O4/c1-30-24-22(26(33)31(27(30)34)16-7-17-32)15-14-20(13-12-19-8-3-2-4-9-19)25(29-24)35-23-11-6-5-10-21(23)18-28/h2-6,8-11,20,32H,7,12-17H2,1H3. The number of nitriles is 1. The van der Waals surface area contributed by atoms with Crippen LogP contribution < -0.4 is 16.0 Å². The number of aliphatic hydroxyl groups excluding tert-OH is 1. The summed E-state index contributed by atoms with van der Waals surface area (Å²) in [5.41, 5.74) is 1.17. The van der Waals surface area contributed by atoms with Crippen molar-refractivity contribution in [3.05, 3.63) is 92.1 Å². The van der Waals surface area contributed by atoms with Gasteiger partial charge in [0.2, 0.25) is 0 Å². The van der Waals surface area contributed by atoms with Gasteiger partial charge in [0, 0.05) is 26.1 Å². The van der Waals surface area contributed by atoms with Crippen LogP contribution in [0.2, 0.25) is 0 Å². The predicted octanol–water partition coefficient (Wildman–Crippen LogP) is 3.11. The van der Waals surface area contributed by atoms with Gasteiger partial charge >= 0.3 is 5.69 Å². The SMILES string of the molecule is Cn1c2c(c(=O)n(CCCO)c1=O)CCC(CCc1ccccc1)C(Oc1ccccc1C#N)=N2. The minimum absolute atomic E-state index is 0.108. The van der Waals surface area contributed by atoms with Gasteiger partial charge in [-0.2, -0.15) is 10.3 Å². The Morgan fingerprint density at radius 2 is 1.89 bits per heavy atom. The zero-order valence-corrected chi connectivity index (χ0v) is 19.7. The molecule has 0 amide bonds. The van der Waals surface area contributed by atoms with Crippen LogP contribution in [0.5, 0.6) is 5.75 Å². The summed E-state index contributed by atoms with van der Waals surface area (Å²) in [6.45, 7) is 0.0397. The Bertz CT molecular complexity index is 1380. The molecule has 1 aliphatic rings. The fourth-order valence-electron chi connectivity index (χ4n) is 4.36. The molecular weight excluding hydrogens is 444 g/mol. The number of aliphatic hydroxyl groups is 1. The lowest BCUT2D eigenvalue weighted by atomic mass is 9.94. The minimum Gasteiger partial charge on any atom is -0.441 e. The quantitative estimate of drug-likeness (QED) is 0.568. The van der Waals surface area contributed by atoms with E-state index in [-0.39, 0.29) is 30.4 Å². The van der Waals surface area contributed by atoms with Crippen LogP contribution in [0.4, 0.5) is 5.82 Å². The number of hydrogen-bond acceptors (Lipinski definition) is 6. The molecule has 0 spiro atoms. The molecule has 180 valence electrons. The molecule has 8 heteroatoms. The van der Waals surface area contributed by atoms with E-state index in [0.29, 0.717) is 42.0 Å². The molecule has 1 N–H and O–H groups in total. The first-order valence-electron chi connectivity index (χ1n) is 11.8. The molecule has 0 aliphatic carbocycles. The molecule has 1 atom stereocenters. The molecule has 1 aromatic heterocycles. The van der Waals surface area contributed by atoms with Crippen LogP contribution in [0.25, 0.3) is 0 Å². The van der Waals surface area contributed by atoms with Gasteiger partial charge in [0.05, 0.1) is 11.1 Å². The average molecular weight is 473 g/mol. The third-order valence-corrected chi connectivity index (χ3v) is 6.30. The van der Waals surface area contributed by atoms with Crippen molar-refractivity contribution in [3.63, 3.8) is 0 Å². The fraction of sp³-hybridized carbons (Fsp3) is 0.333. The number of nitrogens with zero attached hydrogens (tertiary/aromatic N) is 4. The fourth-order valence-corrected chi connectivity index (χ4v) is 4.36. The number of hydrogen-bond donors (Lipinski definition) is 1. The van der Waals surface area contributed by atoms with Crippen molar-refractivity contribution in [2.24, 2.45) is 18.0 Å². The normalized spacial score (nSPS) is 15.0. The third-order valence-electron chi connectivity index (χ3n) is 6.30.